The minimum absolute atomic E-state index is 0.0250. The highest BCUT2D eigenvalue weighted by Crippen LogP contribution is 2.26. The molecule has 0 aromatic rings. The second kappa shape index (κ2) is 6.38. The third-order valence-corrected chi connectivity index (χ3v) is 3.26. The molecule has 1 atom stereocenters. The maximum Gasteiger partial charge on any atom is 0.394 e. The van der Waals surface area contributed by atoms with Gasteiger partial charge < -0.3 is 15.5 Å². The van der Waals surface area contributed by atoms with E-state index in [9.17, 15) is 18.0 Å². The molecule has 0 spiro atoms. The van der Waals surface area contributed by atoms with Crippen LogP contribution in [0.25, 0.3) is 0 Å². The summed E-state index contributed by atoms with van der Waals surface area (Å²) in [5, 5.41) is 0. The molecule has 1 rings (SSSR count). The lowest BCUT2D eigenvalue weighted by atomic mass is 10.1. The summed E-state index contributed by atoms with van der Waals surface area (Å²) in [4.78, 5) is 14.6. The first-order valence-corrected chi connectivity index (χ1v) is 6.09. The van der Waals surface area contributed by atoms with E-state index in [1.165, 1.54) is 6.92 Å². The van der Waals surface area contributed by atoms with Gasteiger partial charge in [-0.15, -0.1) is 0 Å². The quantitative estimate of drug-likeness (QED) is 0.818. The van der Waals surface area contributed by atoms with Crippen LogP contribution in [0.4, 0.5) is 13.2 Å². The topological polar surface area (TPSA) is 49.6 Å². The van der Waals surface area contributed by atoms with Crippen molar-refractivity contribution in [1.82, 2.24) is 9.80 Å². The lowest BCUT2D eigenvalue weighted by Crippen LogP contribution is -2.42. The van der Waals surface area contributed by atoms with Crippen LogP contribution in [0.1, 0.15) is 13.3 Å². The van der Waals surface area contributed by atoms with Crippen LogP contribution in [0.3, 0.4) is 0 Å². The van der Waals surface area contributed by atoms with E-state index in [0.717, 1.165) is 0 Å². The van der Waals surface area contributed by atoms with Crippen LogP contribution in [0, 0.1) is 5.92 Å². The number of alkyl halides is 3. The lowest BCUT2D eigenvalue weighted by molar-refractivity contribution is -0.176. The molecule has 18 heavy (non-hydrogen) atoms. The van der Waals surface area contributed by atoms with Gasteiger partial charge in [-0.25, -0.2) is 0 Å². The molecule has 0 radical (unpaired) electrons. The van der Waals surface area contributed by atoms with E-state index in [1.807, 2.05) is 0 Å². The molecule has 7 heteroatoms. The van der Waals surface area contributed by atoms with Crippen LogP contribution < -0.4 is 5.73 Å². The van der Waals surface area contributed by atoms with Crippen molar-refractivity contribution < 1.29 is 18.0 Å². The summed E-state index contributed by atoms with van der Waals surface area (Å²) in [5.41, 5.74) is 5.18. The van der Waals surface area contributed by atoms with Gasteiger partial charge in [-0.1, -0.05) is 0 Å². The normalized spacial score (nSPS) is 20.6. The first-order valence-electron chi connectivity index (χ1n) is 6.09. The Morgan fingerprint density at radius 3 is 2.44 bits per heavy atom. The number of nitrogens with zero attached hydrogens (tertiary/aromatic N) is 2. The number of hydrogen-bond acceptors (Lipinski definition) is 3. The minimum Gasteiger partial charge on any atom is -0.342 e. The third-order valence-electron chi connectivity index (χ3n) is 3.26. The Hall–Kier alpha value is -0.820. The maximum absolute atomic E-state index is 12.6. The molecule has 0 bridgehead atoms. The van der Waals surface area contributed by atoms with Crippen LogP contribution >= 0.6 is 0 Å². The summed E-state index contributed by atoms with van der Waals surface area (Å²) < 4.78 is 37.8. The predicted molar refractivity (Wildman–Crippen MR) is 61.9 cm³/mol. The SMILES string of the molecule is CC(=O)N1CCCN(CC(CN)C(F)(F)F)CC1. The molecular formula is C11H20F3N3O. The number of carbonyl (C=O) groups excluding carboxylic acids is 1. The molecule has 1 unspecified atom stereocenters. The fraction of sp³-hybridized carbons (Fsp3) is 0.909. The van der Waals surface area contributed by atoms with Crippen LogP contribution in [-0.4, -0.2) is 61.2 Å². The zero-order valence-electron chi connectivity index (χ0n) is 10.5. The van der Waals surface area contributed by atoms with E-state index in [2.05, 4.69) is 0 Å². The van der Waals surface area contributed by atoms with E-state index in [-0.39, 0.29) is 12.5 Å². The lowest BCUT2D eigenvalue weighted by Gasteiger charge is -2.27. The first kappa shape index (κ1) is 15.2. The molecule has 1 aliphatic heterocycles. The molecule has 106 valence electrons. The molecule has 0 aliphatic carbocycles. The molecule has 0 aromatic carbocycles. The highest BCUT2D eigenvalue weighted by Gasteiger charge is 2.39. The highest BCUT2D eigenvalue weighted by molar-refractivity contribution is 5.73. The summed E-state index contributed by atoms with van der Waals surface area (Å²) in [6, 6.07) is 0. The van der Waals surface area contributed by atoms with E-state index in [4.69, 9.17) is 5.73 Å². The summed E-state index contributed by atoms with van der Waals surface area (Å²) in [6.45, 7) is 3.17. The summed E-state index contributed by atoms with van der Waals surface area (Å²) in [6.07, 6.45) is -3.55. The molecule has 0 aromatic heterocycles. The standard InChI is InChI=1S/C11H20F3N3O/c1-9(18)17-4-2-3-16(5-6-17)8-10(7-15)11(12,13)14/h10H,2-8,15H2,1H3. The van der Waals surface area contributed by atoms with E-state index < -0.39 is 18.6 Å². The van der Waals surface area contributed by atoms with Gasteiger partial charge in [0, 0.05) is 39.6 Å². The number of carbonyl (C=O) groups is 1. The molecular weight excluding hydrogens is 247 g/mol. The second-order valence-electron chi connectivity index (χ2n) is 4.63. The van der Waals surface area contributed by atoms with E-state index >= 15 is 0 Å². The van der Waals surface area contributed by atoms with E-state index in [0.29, 0.717) is 32.6 Å². The van der Waals surface area contributed by atoms with Crippen molar-refractivity contribution in [3.05, 3.63) is 0 Å². The first-order chi connectivity index (χ1) is 8.34. The number of nitrogens with two attached hydrogens (primary N) is 1. The van der Waals surface area contributed by atoms with Gasteiger partial charge in [-0.3, -0.25) is 4.79 Å². The Bertz CT molecular complexity index is 283. The van der Waals surface area contributed by atoms with Crippen LogP contribution in [-0.2, 0) is 4.79 Å². The fourth-order valence-electron chi connectivity index (χ4n) is 2.09. The van der Waals surface area contributed by atoms with Crippen molar-refractivity contribution in [1.29, 1.82) is 0 Å². The molecule has 1 saturated heterocycles. The van der Waals surface area contributed by atoms with Crippen molar-refractivity contribution >= 4 is 5.91 Å². The monoisotopic (exact) mass is 267 g/mol. The second-order valence-corrected chi connectivity index (χ2v) is 4.63. The van der Waals surface area contributed by atoms with Gasteiger partial charge in [0.1, 0.15) is 0 Å². The fourth-order valence-corrected chi connectivity index (χ4v) is 2.09. The number of halogens is 3. The van der Waals surface area contributed by atoms with Gasteiger partial charge >= 0.3 is 6.18 Å². The van der Waals surface area contributed by atoms with Crippen molar-refractivity contribution in [2.75, 3.05) is 39.3 Å². The van der Waals surface area contributed by atoms with Crippen molar-refractivity contribution in [2.45, 2.75) is 19.5 Å². The highest BCUT2D eigenvalue weighted by atomic mass is 19.4. The summed E-state index contributed by atoms with van der Waals surface area (Å²) in [5.74, 6) is -1.51. The van der Waals surface area contributed by atoms with Gasteiger partial charge in [0.2, 0.25) is 5.91 Å². The number of hydrogen-bond donors (Lipinski definition) is 1. The van der Waals surface area contributed by atoms with Crippen LogP contribution in [0.5, 0.6) is 0 Å². The van der Waals surface area contributed by atoms with E-state index in [1.54, 1.807) is 9.80 Å². The third kappa shape index (κ3) is 4.45. The largest absolute Gasteiger partial charge is 0.394 e. The van der Waals surface area contributed by atoms with Gasteiger partial charge in [-0.2, -0.15) is 13.2 Å². The average Bonchev–Trinajstić information content (AvgIpc) is 2.49. The van der Waals surface area contributed by atoms with Gasteiger partial charge in [0.05, 0.1) is 5.92 Å². The molecule has 1 fully saturated rings. The van der Waals surface area contributed by atoms with Gasteiger partial charge in [0.15, 0.2) is 0 Å². The molecule has 1 heterocycles. The Balaban J connectivity index is 2.50. The van der Waals surface area contributed by atoms with Crippen molar-refractivity contribution in [2.24, 2.45) is 11.7 Å². The molecule has 1 amide bonds. The maximum atomic E-state index is 12.6. The van der Waals surface area contributed by atoms with Crippen LogP contribution in [0.15, 0.2) is 0 Å². The van der Waals surface area contributed by atoms with Crippen LogP contribution in [0.2, 0.25) is 0 Å². The average molecular weight is 267 g/mol. The molecule has 4 nitrogen and oxygen atoms in total. The zero-order chi connectivity index (χ0) is 13.8. The molecule has 2 N–H and O–H groups in total. The van der Waals surface area contributed by atoms with Crippen molar-refractivity contribution in [3.8, 4) is 0 Å². The number of rotatable bonds is 3. The molecule has 1 aliphatic rings. The summed E-state index contributed by atoms with van der Waals surface area (Å²) >= 11 is 0. The Morgan fingerprint density at radius 2 is 1.94 bits per heavy atom. The van der Waals surface area contributed by atoms with Gasteiger partial charge in [0.25, 0.3) is 0 Å². The van der Waals surface area contributed by atoms with Crippen molar-refractivity contribution in [3.63, 3.8) is 0 Å². The Morgan fingerprint density at radius 1 is 1.28 bits per heavy atom. The smallest absolute Gasteiger partial charge is 0.342 e. The Labute approximate surface area is 105 Å². The zero-order valence-corrected chi connectivity index (χ0v) is 10.5. The predicted octanol–water partition coefficient (Wildman–Crippen LogP) is 0.678. The summed E-state index contributed by atoms with van der Waals surface area (Å²) in [7, 11) is 0. The minimum atomic E-state index is -4.25. The Kier molecular flexibility index (Phi) is 5.40. The molecule has 0 saturated carbocycles. The number of amides is 1. The van der Waals surface area contributed by atoms with Gasteiger partial charge in [-0.05, 0) is 13.0 Å².